The van der Waals surface area contributed by atoms with Crippen molar-refractivity contribution in [3.8, 4) is 0 Å². The molecule has 0 radical (unpaired) electrons. The minimum absolute atomic E-state index is 0.0336. The summed E-state index contributed by atoms with van der Waals surface area (Å²) in [6, 6.07) is 5.78. The summed E-state index contributed by atoms with van der Waals surface area (Å²) in [6.07, 6.45) is 3.21. The molecular formula is C15H18ClN3O. The Morgan fingerprint density at radius 3 is 3.10 bits per heavy atom. The molecule has 1 aliphatic rings. The van der Waals surface area contributed by atoms with E-state index in [1.807, 2.05) is 25.1 Å². The second-order valence-electron chi connectivity index (χ2n) is 5.43. The number of aryl methyl sites for hydroxylation is 1. The fourth-order valence-electron chi connectivity index (χ4n) is 2.82. The van der Waals surface area contributed by atoms with Gasteiger partial charge in [0.05, 0.1) is 16.9 Å². The zero-order valence-electron chi connectivity index (χ0n) is 11.5. The van der Waals surface area contributed by atoms with Crippen LogP contribution in [-0.2, 0) is 0 Å². The third-order valence-corrected chi connectivity index (χ3v) is 4.17. The van der Waals surface area contributed by atoms with Crippen LogP contribution < -0.4 is 10.9 Å². The van der Waals surface area contributed by atoms with Crippen LogP contribution in [0.15, 0.2) is 23.0 Å². The van der Waals surface area contributed by atoms with Gasteiger partial charge in [0.25, 0.3) is 5.56 Å². The van der Waals surface area contributed by atoms with Gasteiger partial charge in [0.1, 0.15) is 0 Å². The smallest absolute Gasteiger partial charge is 0.262 e. The topological polar surface area (TPSA) is 46.9 Å². The molecule has 1 aromatic carbocycles. The molecule has 1 aromatic heterocycles. The lowest BCUT2D eigenvalue weighted by atomic mass is 10.1. The first-order valence-electron chi connectivity index (χ1n) is 7.06. The molecule has 1 fully saturated rings. The number of halogens is 1. The van der Waals surface area contributed by atoms with E-state index < -0.39 is 0 Å². The van der Waals surface area contributed by atoms with Crippen molar-refractivity contribution in [3.63, 3.8) is 0 Å². The molecular weight excluding hydrogens is 274 g/mol. The predicted octanol–water partition coefficient (Wildman–Crippen LogP) is 2.67. The van der Waals surface area contributed by atoms with E-state index in [-0.39, 0.29) is 11.6 Å². The Morgan fingerprint density at radius 1 is 1.40 bits per heavy atom. The first-order chi connectivity index (χ1) is 9.66. The van der Waals surface area contributed by atoms with Crippen LogP contribution in [0.4, 0.5) is 0 Å². The van der Waals surface area contributed by atoms with Crippen molar-refractivity contribution in [1.82, 2.24) is 14.9 Å². The molecule has 1 N–H and O–H groups in total. The lowest BCUT2D eigenvalue weighted by molar-refractivity contribution is 0.447. The average molecular weight is 292 g/mol. The number of aromatic nitrogens is 2. The molecule has 3 rings (SSSR count). The first-order valence-corrected chi connectivity index (χ1v) is 7.44. The molecule has 2 aromatic rings. The average Bonchev–Trinajstić information content (AvgIpc) is 2.67. The molecule has 106 valence electrons. The standard InChI is InChI=1S/C15H18ClN3O/c1-10-5-6-12-13(8-10)18-15(16)19(14(12)20)11-4-2-3-7-17-9-11/h5-6,8,11,17H,2-4,7,9H2,1H3. The van der Waals surface area contributed by atoms with Crippen molar-refractivity contribution in [2.75, 3.05) is 13.1 Å². The fourth-order valence-corrected chi connectivity index (χ4v) is 3.13. The highest BCUT2D eigenvalue weighted by Gasteiger charge is 2.19. The van der Waals surface area contributed by atoms with E-state index >= 15 is 0 Å². The van der Waals surface area contributed by atoms with Crippen LogP contribution in [0.25, 0.3) is 10.9 Å². The van der Waals surface area contributed by atoms with E-state index in [9.17, 15) is 4.79 Å². The number of nitrogens with zero attached hydrogens (tertiary/aromatic N) is 2. The number of nitrogens with one attached hydrogen (secondary N) is 1. The summed E-state index contributed by atoms with van der Waals surface area (Å²) < 4.78 is 1.65. The van der Waals surface area contributed by atoms with Gasteiger partial charge < -0.3 is 5.32 Å². The van der Waals surface area contributed by atoms with Gasteiger partial charge in [-0.05, 0) is 55.6 Å². The zero-order valence-corrected chi connectivity index (χ0v) is 12.3. The van der Waals surface area contributed by atoms with Crippen LogP contribution in [0.1, 0.15) is 30.9 Å². The van der Waals surface area contributed by atoms with Gasteiger partial charge in [-0.3, -0.25) is 9.36 Å². The third kappa shape index (κ3) is 2.45. The van der Waals surface area contributed by atoms with Crippen LogP contribution in [-0.4, -0.2) is 22.6 Å². The summed E-state index contributed by atoms with van der Waals surface area (Å²) in [4.78, 5) is 17.1. The lowest BCUT2D eigenvalue weighted by Gasteiger charge is -2.19. The summed E-state index contributed by atoms with van der Waals surface area (Å²) in [5.74, 6) is 0. The van der Waals surface area contributed by atoms with Gasteiger partial charge in [0.2, 0.25) is 5.28 Å². The number of hydrogen-bond donors (Lipinski definition) is 1. The van der Waals surface area contributed by atoms with Crippen LogP contribution in [0.2, 0.25) is 5.28 Å². The largest absolute Gasteiger partial charge is 0.315 e. The number of rotatable bonds is 1. The lowest BCUT2D eigenvalue weighted by Crippen LogP contribution is -2.32. The van der Waals surface area contributed by atoms with Gasteiger partial charge in [0, 0.05) is 6.54 Å². The normalized spacial score (nSPS) is 20.0. The van der Waals surface area contributed by atoms with Crippen molar-refractivity contribution < 1.29 is 0 Å². The maximum atomic E-state index is 12.7. The maximum Gasteiger partial charge on any atom is 0.262 e. The Labute approximate surface area is 122 Å². The second kappa shape index (κ2) is 5.54. The molecule has 5 heteroatoms. The molecule has 0 bridgehead atoms. The number of hydrogen-bond acceptors (Lipinski definition) is 3. The predicted molar refractivity (Wildman–Crippen MR) is 81.5 cm³/mol. The van der Waals surface area contributed by atoms with Gasteiger partial charge in [-0.2, -0.15) is 0 Å². The molecule has 0 spiro atoms. The van der Waals surface area contributed by atoms with Crippen molar-refractivity contribution >= 4 is 22.5 Å². The molecule has 4 nitrogen and oxygen atoms in total. The van der Waals surface area contributed by atoms with Gasteiger partial charge in [-0.1, -0.05) is 12.5 Å². The number of fused-ring (bicyclic) bond motifs is 1. The number of benzene rings is 1. The van der Waals surface area contributed by atoms with Crippen molar-refractivity contribution in [2.24, 2.45) is 0 Å². The minimum Gasteiger partial charge on any atom is -0.315 e. The summed E-state index contributed by atoms with van der Waals surface area (Å²) in [5, 5.41) is 4.30. The van der Waals surface area contributed by atoms with Crippen LogP contribution in [0.5, 0.6) is 0 Å². The Balaban J connectivity index is 2.15. The SMILES string of the molecule is Cc1ccc2c(=O)n(C3CCCCNC3)c(Cl)nc2c1. The van der Waals surface area contributed by atoms with Crippen molar-refractivity contribution in [2.45, 2.75) is 32.2 Å². The van der Waals surface area contributed by atoms with Gasteiger partial charge >= 0.3 is 0 Å². The van der Waals surface area contributed by atoms with E-state index in [0.717, 1.165) is 37.9 Å². The van der Waals surface area contributed by atoms with E-state index in [1.165, 1.54) is 0 Å². The maximum absolute atomic E-state index is 12.7. The Bertz CT molecular complexity index is 687. The van der Waals surface area contributed by atoms with Crippen molar-refractivity contribution in [1.29, 1.82) is 0 Å². The van der Waals surface area contributed by atoms with Crippen molar-refractivity contribution in [3.05, 3.63) is 39.4 Å². The third-order valence-electron chi connectivity index (χ3n) is 3.90. The summed E-state index contributed by atoms with van der Waals surface area (Å²) >= 11 is 6.27. The van der Waals surface area contributed by atoms with Gasteiger partial charge in [-0.15, -0.1) is 0 Å². The van der Waals surface area contributed by atoms with Gasteiger partial charge in [0.15, 0.2) is 0 Å². The molecule has 0 amide bonds. The molecule has 1 aliphatic heterocycles. The Kier molecular flexibility index (Phi) is 3.76. The fraction of sp³-hybridized carbons (Fsp3) is 0.467. The Morgan fingerprint density at radius 2 is 2.25 bits per heavy atom. The molecule has 0 saturated carbocycles. The van der Waals surface area contributed by atoms with Crippen LogP contribution in [0.3, 0.4) is 0 Å². The molecule has 0 aliphatic carbocycles. The second-order valence-corrected chi connectivity index (χ2v) is 5.77. The monoisotopic (exact) mass is 291 g/mol. The zero-order chi connectivity index (χ0) is 14.1. The first kappa shape index (κ1) is 13.6. The molecule has 20 heavy (non-hydrogen) atoms. The molecule has 2 heterocycles. The van der Waals surface area contributed by atoms with Gasteiger partial charge in [-0.25, -0.2) is 4.98 Å². The Hall–Kier alpha value is -1.39. The van der Waals surface area contributed by atoms with E-state index in [0.29, 0.717) is 16.2 Å². The minimum atomic E-state index is -0.0336. The van der Waals surface area contributed by atoms with E-state index in [1.54, 1.807) is 4.57 Å². The highest BCUT2D eigenvalue weighted by atomic mass is 35.5. The van der Waals surface area contributed by atoms with E-state index in [4.69, 9.17) is 11.6 Å². The molecule has 1 saturated heterocycles. The highest BCUT2D eigenvalue weighted by molar-refractivity contribution is 6.28. The summed E-state index contributed by atoms with van der Waals surface area (Å²) in [7, 11) is 0. The molecule has 1 unspecified atom stereocenters. The van der Waals surface area contributed by atoms with Crippen LogP contribution in [0, 0.1) is 6.92 Å². The summed E-state index contributed by atoms with van der Waals surface area (Å²) in [5.41, 5.74) is 1.72. The highest BCUT2D eigenvalue weighted by Crippen LogP contribution is 2.21. The molecule has 1 atom stereocenters. The summed E-state index contributed by atoms with van der Waals surface area (Å²) in [6.45, 7) is 3.76. The van der Waals surface area contributed by atoms with Crippen LogP contribution >= 0.6 is 11.6 Å². The van der Waals surface area contributed by atoms with E-state index in [2.05, 4.69) is 10.3 Å². The quantitative estimate of drug-likeness (QED) is 0.822.